The molecular formula is C12H13NO4S. The SMILES string of the molecule is COC(=O)[C@@H](N)CC1=CS(=O)(=O)c2ccccc21. The van der Waals surface area contributed by atoms with Crippen LogP contribution in [0.2, 0.25) is 0 Å². The summed E-state index contributed by atoms with van der Waals surface area (Å²) in [5, 5.41) is 1.17. The standard InChI is InChI=1S/C12H13NO4S/c1-17-12(14)10(13)6-8-7-18(15,16)11-5-3-2-4-9(8)11/h2-5,7,10H,6,13H2,1H3/t10-/m0/s1. The molecule has 0 aliphatic carbocycles. The van der Waals surface area contributed by atoms with E-state index in [2.05, 4.69) is 4.74 Å². The van der Waals surface area contributed by atoms with Gasteiger partial charge in [0.15, 0.2) is 0 Å². The van der Waals surface area contributed by atoms with Crippen LogP contribution in [0.3, 0.4) is 0 Å². The number of esters is 1. The molecule has 0 aromatic heterocycles. The van der Waals surface area contributed by atoms with Gasteiger partial charge < -0.3 is 10.5 Å². The fraction of sp³-hybridized carbons (Fsp3) is 0.250. The van der Waals surface area contributed by atoms with Gasteiger partial charge >= 0.3 is 5.97 Å². The van der Waals surface area contributed by atoms with Gasteiger partial charge in [-0.05, 0) is 23.6 Å². The van der Waals surface area contributed by atoms with Crippen LogP contribution in [0.15, 0.2) is 34.6 Å². The molecule has 1 aliphatic rings. The molecular weight excluding hydrogens is 254 g/mol. The summed E-state index contributed by atoms with van der Waals surface area (Å²) in [6, 6.07) is 5.79. The average molecular weight is 267 g/mol. The van der Waals surface area contributed by atoms with E-state index in [9.17, 15) is 13.2 Å². The third-order valence-corrected chi connectivity index (χ3v) is 4.34. The van der Waals surface area contributed by atoms with Crippen LogP contribution in [0.1, 0.15) is 12.0 Å². The number of carbonyl (C=O) groups is 1. The van der Waals surface area contributed by atoms with Gasteiger partial charge in [0.25, 0.3) is 0 Å². The van der Waals surface area contributed by atoms with E-state index >= 15 is 0 Å². The van der Waals surface area contributed by atoms with Crippen molar-refractivity contribution in [1.82, 2.24) is 0 Å². The van der Waals surface area contributed by atoms with Crippen LogP contribution in [0.25, 0.3) is 5.57 Å². The Labute approximate surface area is 105 Å². The molecule has 18 heavy (non-hydrogen) atoms. The normalized spacial score (nSPS) is 17.8. The molecule has 0 saturated heterocycles. The molecule has 0 bridgehead atoms. The largest absolute Gasteiger partial charge is 0.468 e. The first kappa shape index (κ1) is 12.8. The first-order valence-electron chi connectivity index (χ1n) is 5.34. The second-order valence-electron chi connectivity index (χ2n) is 4.02. The maximum atomic E-state index is 11.9. The Kier molecular flexibility index (Phi) is 3.23. The molecule has 0 spiro atoms. The molecule has 96 valence electrons. The quantitative estimate of drug-likeness (QED) is 0.815. The predicted octanol–water partition coefficient (Wildman–Crippen LogP) is 0.705. The van der Waals surface area contributed by atoms with Crippen molar-refractivity contribution in [3.05, 3.63) is 35.2 Å². The lowest BCUT2D eigenvalue weighted by molar-refractivity contribution is -0.142. The van der Waals surface area contributed by atoms with Gasteiger partial charge in [0.2, 0.25) is 9.84 Å². The Morgan fingerprint density at radius 2 is 2.06 bits per heavy atom. The number of methoxy groups -OCH3 is 1. The minimum absolute atomic E-state index is 0.142. The van der Waals surface area contributed by atoms with Gasteiger partial charge in [-0.2, -0.15) is 0 Å². The summed E-state index contributed by atoms with van der Waals surface area (Å²) in [5.74, 6) is -0.558. The molecule has 1 atom stereocenters. The van der Waals surface area contributed by atoms with Gasteiger partial charge in [0.1, 0.15) is 6.04 Å². The van der Waals surface area contributed by atoms with Crippen molar-refractivity contribution in [2.45, 2.75) is 17.4 Å². The topological polar surface area (TPSA) is 86.5 Å². The van der Waals surface area contributed by atoms with Crippen molar-refractivity contribution >= 4 is 21.4 Å². The van der Waals surface area contributed by atoms with Crippen LogP contribution < -0.4 is 5.73 Å². The van der Waals surface area contributed by atoms with Crippen molar-refractivity contribution in [2.75, 3.05) is 7.11 Å². The Hall–Kier alpha value is -1.66. The molecule has 1 aromatic carbocycles. The Morgan fingerprint density at radius 3 is 2.72 bits per heavy atom. The first-order chi connectivity index (χ1) is 8.45. The van der Waals surface area contributed by atoms with E-state index in [4.69, 9.17) is 5.73 Å². The van der Waals surface area contributed by atoms with Gasteiger partial charge in [-0.25, -0.2) is 8.42 Å². The van der Waals surface area contributed by atoms with Gasteiger partial charge in [-0.15, -0.1) is 0 Å². The van der Waals surface area contributed by atoms with Gasteiger partial charge in [0, 0.05) is 5.41 Å². The molecule has 0 unspecified atom stereocenters. The van der Waals surface area contributed by atoms with E-state index in [0.717, 1.165) is 0 Å². The summed E-state index contributed by atoms with van der Waals surface area (Å²) in [6.07, 6.45) is 0.142. The van der Waals surface area contributed by atoms with E-state index in [-0.39, 0.29) is 11.3 Å². The average Bonchev–Trinajstić information content (AvgIpc) is 2.61. The lowest BCUT2D eigenvalue weighted by Crippen LogP contribution is -2.31. The van der Waals surface area contributed by atoms with Crippen LogP contribution >= 0.6 is 0 Å². The number of nitrogens with two attached hydrogens (primary N) is 1. The summed E-state index contributed by atoms with van der Waals surface area (Å²) in [4.78, 5) is 11.5. The van der Waals surface area contributed by atoms with Gasteiger partial charge in [-0.1, -0.05) is 18.2 Å². The zero-order chi connectivity index (χ0) is 13.3. The summed E-state index contributed by atoms with van der Waals surface area (Å²) in [5.41, 5.74) is 6.80. The number of carbonyl (C=O) groups excluding carboxylic acids is 1. The molecule has 0 saturated carbocycles. The van der Waals surface area contributed by atoms with Crippen molar-refractivity contribution < 1.29 is 17.9 Å². The number of benzene rings is 1. The summed E-state index contributed by atoms with van der Waals surface area (Å²) in [6.45, 7) is 0. The minimum atomic E-state index is -3.40. The maximum absolute atomic E-state index is 11.9. The molecule has 1 heterocycles. The summed E-state index contributed by atoms with van der Waals surface area (Å²) in [7, 11) is -2.16. The highest BCUT2D eigenvalue weighted by Gasteiger charge is 2.28. The summed E-state index contributed by atoms with van der Waals surface area (Å²) < 4.78 is 28.2. The maximum Gasteiger partial charge on any atom is 0.322 e. The monoisotopic (exact) mass is 267 g/mol. The van der Waals surface area contributed by atoms with Crippen molar-refractivity contribution in [2.24, 2.45) is 5.73 Å². The molecule has 2 N–H and O–H groups in total. The fourth-order valence-electron chi connectivity index (χ4n) is 1.92. The summed E-state index contributed by atoms with van der Waals surface area (Å²) >= 11 is 0. The van der Waals surface area contributed by atoms with Crippen LogP contribution in [0, 0.1) is 0 Å². The molecule has 0 fully saturated rings. The Bertz CT molecular complexity index is 619. The van der Waals surface area contributed by atoms with E-state index in [0.29, 0.717) is 11.1 Å². The second kappa shape index (κ2) is 4.55. The fourth-order valence-corrected chi connectivity index (χ4v) is 3.42. The Morgan fingerprint density at radius 1 is 1.39 bits per heavy atom. The number of rotatable bonds is 3. The van der Waals surface area contributed by atoms with E-state index in [1.165, 1.54) is 18.6 Å². The van der Waals surface area contributed by atoms with Gasteiger partial charge in [0.05, 0.1) is 12.0 Å². The number of sulfone groups is 1. The van der Waals surface area contributed by atoms with Crippen LogP contribution in [-0.4, -0.2) is 27.5 Å². The zero-order valence-electron chi connectivity index (χ0n) is 9.79. The number of hydrogen-bond donors (Lipinski definition) is 1. The second-order valence-corrected chi connectivity index (χ2v) is 5.78. The van der Waals surface area contributed by atoms with E-state index < -0.39 is 21.8 Å². The highest BCUT2D eigenvalue weighted by atomic mass is 32.2. The van der Waals surface area contributed by atoms with Crippen LogP contribution in [0.5, 0.6) is 0 Å². The highest BCUT2D eigenvalue weighted by molar-refractivity contribution is 7.95. The predicted molar refractivity (Wildman–Crippen MR) is 66.2 cm³/mol. The first-order valence-corrected chi connectivity index (χ1v) is 6.89. The third kappa shape index (κ3) is 2.16. The molecule has 0 radical (unpaired) electrons. The van der Waals surface area contributed by atoms with E-state index in [1.807, 2.05) is 0 Å². The zero-order valence-corrected chi connectivity index (χ0v) is 10.6. The van der Waals surface area contributed by atoms with Crippen LogP contribution in [-0.2, 0) is 19.4 Å². The van der Waals surface area contributed by atoms with Gasteiger partial charge in [-0.3, -0.25) is 4.79 Å². The molecule has 5 nitrogen and oxygen atoms in total. The molecule has 1 aliphatic heterocycles. The number of ether oxygens (including phenoxy) is 1. The molecule has 6 heteroatoms. The van der Waals surface area contributed by atoms with Crippen molar-refractivity contribution in [1.29, 1.82) is 0 Å². The lowest BCUT2D eigenvalue weighted by atomic mass is 10.0. The lowest BCUT2D eigenvalue weighted by Gasteiger charge is -2.10. The minimum Gasteiger partial charge on any atom is -0.468 e. The Balaban J connectivity index is 2.34. The van der Waals surface area contributed by atoms with E-state index in [1.54, 1.807) is 18.2 Å². The van der Waals surface area contributed by atoms with Crippen molar-refractivity contribution in [3.8, 4) is 0 Å². The molecule has 1 aromatic rings. The molecule has 0 amide bonds. The smallest absolute Gasteiger partial charge is 0.322 e. The van der Waals surface area contributed by atoms with Crippen LogP contribution in [0.4, 0.5) is 0 Å². The van der Waals surface area contributed by atoms with Crippen molar-refractivity contribution in [3.63, 3.8) is 0 Å². The molecule has 2 rings (SSSR count). The third-order valence-electron chi connectivity index (χ3n) is 2.78. The number of fused-ring (bicyclic) bond motifs is 1. The highest BCUT2D eigenvalue weighted by Crippen LogP contribution is 2.35. The number of hydrogen-bond acceptors (Lipinski definition) is 5.